The van der Waals surface area contributed by atoms with Crippen molar-refractivity contribution in [2.45, 2.75) is 13.5 Å². The van der Waals surface area contributed by atoms with Gasteiger partial charge >= 0.3 is 5.97 Å². The number of hydrogen-bond acceptors (Lipinski definition) is 5. The molecule has 0 saturated carbocycles. The first-order chi connectivity index (χ1) is 14.0. The largest absolute Gasteiger partial charge is 0.462 e. The minimum Gasteiger partial charge on any atom is -0.462 e. The van der Waals surface area contributed by atoms with Crippen molar-refractivity contribution in [3.63, 3.8) is 0 Å². The zero-order valence-electron chi connectivity index (χ0n) is 15.6. The second-order valence-electron chi connectivity index (χ2n) is 6.04. The molecule has 148 valence electrons. The highest BCUT2D eigenvalue weighted by Gasteiger charge is 2.15. The lowest BCUT2D eigenvalue weighted by atomic mass is 10.1. The van der Waals surface area contributed by atoms with Gasteiger partial charge in [0, 0.05) is 16.1 Å². The maximum absolute atomic E-state index is 12.5. The first kappa shape index (κ1) is 20.5. The molecular formula is C21H18BrN3O4. The lowest BCUT2D eigenvalue weighted by molar-refractivity contribution is -0.117. The first-order valence-electron chi connectivity index (χ1n) is 8.88. The highest BCUT2D eigenvalue weighted by atomic mass is 79.9. The van der Waals surface area contributed by atoms with Gasteiger partial charge in [-0.2, -0.15) is 5.10 Å². The van der Waals surface area contributed by atoms with Gasteiger partial charge in [0.2, 0.25) is 5.91 Å². The molecule has 0 spiro atoms. The molecule has 0 radical (unpaired) electrons. The summed E-state index contributed by atoms with van der Waals surface area (Å²) in [6, 6.07) is 17.0. The molecule has 29 heavy (non-hydrogen) atoms. The summed E-state index contributed by atoms with van der Waals surface area (Å²) in [5, 5.41) is 6.93. The third-order valence-corrected chi connectivity index (χ3v) is 4.47. The molecule has 3 aromatic rings. The van der Waals surface area contributed by atoms with E-state index in [2.05, 4.69) is 26.3 Å². The van der Waals surface area contributed by atoms with Crippen molar-refractivity contribution in [2.24, 2.45) is 0 Å². The molecule has 0 atom stereocenters. The van der Waals surface area contributed by atoms with Gasteiger partial charge in [-0.15, -0.1) is 0 Å². The molecular weight excluding hydrogens is 438 g/mol. The van der Waals surface area contributed by atoms with Crippen LogP contribution in [0.15, 0.2) is 69.9 Å². The smallest absolute Gasteiger partial charge is 0.340 e. The fourth-order valence-corrected chi connectivity index (χ4v) is 3.07. The van der Waals surface area contributed by atoms with Gasteiger partial charge in [0.15, 0.2) is 0 Å². The summed E-state index contributed by atoms with van der Waals surface area (Å²) in [6.07, 6.45) is 0. The molecule has 0 unspecified atom stereocenters. The van der Waals surface area contributed by atoms with Crippen LogP contribution in [0.4, 0.5) is 5.69 Å². The summed E-state index contributed by atoms with van der Waals surface area (Å²) < 4.78 is 6.96. The summed E-state index contributed by atoms with van der Waals surface area (Å²) in [5.74, 6) is -1.02. The van der Waals surface area contributed by atoms with Gasteiger partial charge < -0.3 is 10.1 Å². The van der Waals surface area contributed by atoms with Crippen LogP contribution in [-0.4, -0.2) is 28.3 Å². The lowest BCUT2D eigenvalue weighted by Crippen LogP contribution is -2.29. The van der Waals surface area contributed by atoms with E-state index in [0.29, 0.717) is 11.4 Å². The van der Waals surface area contributed by atoms with Crippen LogP contribution < -0.4 is 10.9 Å². The molecule has 1 amide bonds. The van der Waals surface area contributed by atoms with Gasteiger partial charge in [0.05, 0.1) is 23.6 Å². The molecule has 0 aliphatic carbocycles. The van der Waals surface area contributed by atoms with Crippen LogP contribution in [0.5, 0.6) is 0 Å². The van der Waals surface area contributed by atoms with E-state index in [0.717, 1.165) is 14.7 Å². The number of ether oxygens (including phenoxy) is 1. The number of esters is 1. The number of carbonyl (C=O) groups is 2. The van der Waals surface area contributed by atoms with Crippen LogP contribution in [0.25, 0.3) is 11.3 Å². The van der Waals surface area contributed by atoms with Crippen LogP contribution in [0.3, 0.4) is 0 Å². The molecule has 0 aliphatic heterocycles. The Balaban J connectivity index is 1.81. The summed E-state index contributed by atoms with van der Waals surface area (Å²) in [7, 11) is 0. The lowest BCUT2D eigenvalue weighted by Gasteiger charge is -2.11. The summed E-state index contributed by atoms with van der Waals surface area (Å²) >= 11 is 3.40. The van der Waals surface area contributed by atoms with Crippen LogP contribution in [-0.2, 0) is 16.1 Å². The predicted octanol–water partition coefficient (Wildman–Crippen LogP) is 3.49. The van der Waals surface area contributed by atoms with Gasteiger partial charge in [-0.3, -0.25) is 9.59 Å². The van der Waals surface area contributed by atoms with E-state index in [4.69, 9.17) is 4.74 Å². The van der Waals surface area contributed by atoms with Crippen LogP contribution in [0, 0.1) is 0 Å². The molecule has 0 fully saturated rings. The molecule has 0 aliphatic rings. The summed E-state index contributed by atoms with van der Waals surface area (Å²) in [4.78, 5) is 36.7. The van der Waals surface area contributed by atoms with Crippen molar-refractivity contribution in [2.75, 3.05) is 11.9 Å². The van der Waals surface area contributed by atoms with Crippen molar-refractivity contribution in [1.29, 1.82) is 0 Å². The maximum atomic E-state index is 12.5. The topological polar surface area (TPSA) is 90.3 Å². The number of anilines is 1. The Morgan fingerprint density at radius 2 is 1.90 bits per heavy atom. The molecule has 8 heteroatoms. The normalized spacial score (nSPS) is 10.4. The summed E-state index contributed by atoms with van der Waals surface area (Å²) in [5.41, 5.74) is 1.52. The number of benzene rings is 2. The first-order valence-corrected chi connectivity index (χ1v) is 9.67. The Kier molecular flexibility index (Phi) is 6.56. The van der Waals surface area contributed by atoms with E-state index in [1.807, 2.05) is 24.3 Å². The number of hydrogen-bond donors (Lipinski definition) is 1. The van der Waals surface area contributed by atoms with Crippen molar-refractivity contribution in [1.82, 2.24) is 9.78 Å². The average molecular weight is 456 g/mol. The van der Waals surface area contributed by atoms with E-state index in [1.54, 1.807) is 37.3 Å². The van der Waals surface area contributed by atoms with Gasteiger partial charge in [-0.05, 0) is 37.3 Å². The molecule has 1 heterocycles. The molecule has 1 N–H and O–H groups in total. The molecule has 3 rings (SSSR count). The number of amides is 1. The Morgan fingerprint density at radius 1 is 1.10 bits per heavy atom. The highest BCUT2D eigenvalue weighted by molar-refractivity contribution is 9.10. The third-order valence-electron chi connectivity index (χ3n) is 3.98. The quantitative estimate of drug-likeness (QED) is 0.574. The Hall–Kier alpha value is -3.26. The predicted molar refractivity (Wildman–Crippen MR) is 113 cm³/mol. The SMILES string of the molecule is CCOC(=O)c1ccccc1NC(=O)Cn1nc(-c2cccc(Br)c2)ccc1=O. The van der Waals surface area contributed by atoms with E-state index in [-0.39, 0.29) is 18.7 Å². The van der Waals surface area contributed by atoms with Crippen molar-refractivity contribution < 1.29 is 14.3 Å². The Morgan fingerprint density at radius 3 is 2.66 bits per heavy atom. The fourth-order valence-electron chi connectivity index (χ4n) is 2.67. The summed E-state index contributed by atoms with van der Waals surface area (Å²) in [6.45, 7) is 1.64. The Bertz CT molecular complexity index is 1110. The fraction of sp³-hybridized carbons (Fsp3) is 0.143. The van der Waals surface area contributed by atoms with Crippen molar-refractivity contribution in [3.8, 4) is 11.3 Å². The van der Waals surface area contributed by atoms with E-state index in [9.17, 15) is 14.4 Å². The third kappa shape index (κ3) is 5.17. The number of carbonyl (C=O) groups excluding carboxylic acids is 2. The van der Waals surface area contributed by atoms with Gasteiger partial charge in [-0.25, -0.2) is 9.48 Å². The molecule has 0 saturated heterocycles. The Labute approximate surface area is 175 Å². The number of halogens is 1. The minimum absolute atomic E-state index is 0.225. The molecule has 1 aromatic heterocycles. The molecule has 2 aromatic carbocycles. The minimum atomic E-state index is -0.532. The monoisotopic (exact) mass is 455 g/mol. The van der Waals surface area contributed by atoms with Crippen molar-refractivity contribution in [3.05, 3.63) is 81.1 Å². The highest BCUT2D eigenvalue weighted by Crippen LogP contribution is 2.20. The number of rotatable bonds is 6. The van der Waals surface area contributed by atoms with Crippen LogP contribution >= 0.6 is 15.9 Å². The maximum Gasteiger partial charge on any atom is 0.340 e. The van der Waals surface area contributed by atoms with E-state index in [1.165, 1.54) is 6.07 Å². The second-order valence-corrected chi connectivity index (χ2v) is 6.95. The van der Waals surface area contributed by atoms with Gasteiger partial charge in [0.1, 0.15) is 6.54 Å². The van der Waals surface area contributed by atoms with Crippen LogP contribution in [0.2, 0.25) is 0 Å². The number of para-hydroxylation sites is 1. The molecule has 7 nitrogen and oxygen atoms in total. The number of nitrogens with zero attached hydrogens (tertiary/aromatic N) is 2. The van der Waals surface area contributed by atoms with E-state index < -0.39 is 17.4 Å². The zero-order valence-corrected chi connectivity index (χ0v) is 17.2. The average Bonchev–Trinajstić information content (AvgIpc) is 2.70. The number of aromatic nitrogens is 2. The standard InChI is InChI=1S/C21H18BrN3O4/c1-2-29-21(28)16-8-3-4-9-18(16)23-19(26)13-25-20(27)11-10-17(24-25)14-6-5-7-15(22)12-14/h3-12H,2,13H2,1H3,(H,23,26). The van der Waals surface area contributed by atoms with Crippen molar-refractivity contribution >= 4 is 33.5 Å². The van der Waals surface area contributed by atoms with Crippen LogP contribution in [0.1, 0.15) is 17.3 Å². The zero-order chi connectivity index (χ0) is 20.8. The van der Waals surface area contributed by atoms with Gasteiger partial charge in [0.25, 0.3) is 5.56 Å². The second kappa shape index (κ2) is 9.29. The van der Waals surface area contributed by atoms with E-state index >= 15 is 0 Å². The molecule has 0 bridgehead atoms. The van der Waals surface area contributed by atoms with Gasteiger partial charge in [-0.1, -0.05) is 40.2 Å². The number of nitrogens with one attached hydrogen (secondary N) is 1.